The number of hydrogen-bond acceptors (Lipinski definition) is 4. The van der Waals surface area contributed by atoms with Crippen LogP contribution in [0.25, 0.3) is 0 Å². The second-order valence-corrected chi connectivity index (χ2v) is 4.26. The summed E-state index contributed by atoms with van der Waals surface area (Å²) in [6.07, 6.45) is -9.82. The summed E-state index contributed by atoms with van der Waals surface area (Å²) >= 11 is 4.42. The van der Waals surface area contributed by atoms with Gasteiger partial charge in [0.05, 0.1) is 11.9 Å². The lowest BCUT2D eigenvalue weighted by Crippen LogP contribution is -2.19. The van der Waals surface area contributed by atoms with Crippen molar-refractivity contribution in [3.63, 3.8) is 0 Å². The Hall–Kier alpha value is -0.0200. The Bertz CT molecular complexity index is 242. The molecule has 0 aromatic heterocycles. The van der Waals surface area contributed by atoms with Gasteiger partial charge in [-0.25, -0.2) is 4.57 Å². The molecule has 98 valence electrons. The summed E-state index contributed by atoms with van der Waals surface area (Å²) in [4.78, 5) is 0. The van der Waals surface area contributed by atoms with Crippen molar-refractivity contribution >= 4 is 19.7 Å². The first kappa shape index (κ1) is 16.0. The van der Waals surface area contributed by atoms with Crippen LogP contribution in [0.15, 0.2) is 0 Å². The molecule has 0 bridgehead atoms. The molecule has 12 heteroatoms. The molecule has 0 aliphatic heterocycles. The summed E-state index contributed by atoms with van der Waals surface area (Å²) in [5, 5.41) is 0. The van der Waals surface area contributed by atoms with E-state index >= 15 is 0 Å². The van der Waals surface area contributed by atoms with Gasteiger partial charge in [0.1, 0.15) is 0 Å². The van der Waals surface area contributed by atoms with Gasteiger partial charge in [-0.1, -0.05) is 0 Å². The van der Waals surface area contributed by atoms with Crippen LogP contribution in [0, 0.1) is 0 Å². The first-order valence-corrected chi connectivity index (χ1v) is 5.07. The highest BCUT2D eigenvalue weighted by atomic mass is 35.5. The minimum atomic E-state index is -5.07. The molecule has 0 rings (SSSR count). The summed E-state index contributed by atoms with van der Waals surface area (Å²) in [6.45, 7) is -4.23. The standard InChI is InChI=1S/C4H4ClF6O4P/c5-15-16(12,13-1-3(6,7)8)14-2-4(9,10)11/h1-2H2. The van der Waals surface area contributed by atoms with Crippen molar-refractivity contribution in [2.75, 3.05) is 13.2 Å². The quantitative estimate of drug-likeness (QED) is 0.576. The number of rotatable bonds is 5. The van der Waals surface area contributed by atoms with E-state index in [0.717, 1.165) is 0 Å². The largest absolute Gasteiger partial charge is 0.491 e. The molecule has 16 heavy (non-hydrogen) atoms. The lowest BCUT2D eigenvalue weighted by molar-refractivity contribution is -0.168. The maximum atomic E-state index is 11.6. The molecule has 0 fully saturated rings. The molecule has 0 saturated carbocycles. The van der Waals surface area contributed by atoms with Crippen LogP contribution in [0.3, 0.4) is 0 Å². The monoisotopic (exact) mass is 296 g/mol. The lowest BCUT2D eigenvalue weighted by Gasteiger charge is -2.16. The van der Waals surface area contributed by atoms with E-state index in [4.69, 9.17) is 0 Å². The van der Waals surface area contributed by atoms with Gasteiger partial charge < -0.3 is 0 Å². The lowest BCUT2D eigenvalue weighted by atomic mass is 10.7. The zero-order chi connectivity index (χ0) is 13.0. The summed E-state index contributed by atoms with van der Waals surface area (Å²) < 4.78 is 90.6. The van der Waals surface area contributed by atoms with Crippen molar-refractivity contribution in [3.05, 3.63) is 0 Å². The first-order valence-electron chi connectivity index (χ1n) is 3.30. The second-order valence-electron chi connectivity index (χ2n) is 2.29. The predicted molar refractivity (Wildman–Crippen MR) is 38.6 cm³/mol. The molecule has 0 spiro atoms. The van der Waals surface area contributed by atoms with E-state index in [2.05, 4.69) is 25.0 Å². The fraction of sp³-hybridized carbons (Fsp3) is 1.00. The van der Waals surface area contributed by atoms with E-state index in [1.54, 1.807) is 0 Å². The van der Waals surface area contributed by atoms with Gasteiger partial charge in [0, 0.05) is 0 Å². The highest BCUT2D eigenvalue weighted by Crippen LogP contribution is 2.52. The zero-order valence-corrected chi connectivity index (χ0v) is 8.79. The normalized spacial score (nSPS) is 14.2. The number of hydrogen-bond donors (Lipinski definition) is 0. The highest BCUT2D eigenvalue weighted by Gasteiger charge is 2.39. The van der Waals surface area contributed by atoms with Gasteiger partial charge >= 0.3 is 20.2 Å². The third-order valence-corrected chi connectivity index (χ3v) is 2.42. The van der Waals surface area contributed by atoms with Crippen LogP contribution in [0.5, 0.6) is 0 Å². The Kier molecular flexibility index (Phi) is 5.54. The Morgan fingerprint density at radius 1 is 0.938 bits per heavy atom. The smallest absolute Gasteiger partial charge is 0.276 e. The van der Waals surface area contributed by atoms with Crippen molar-refractivity contribution < 1.29 is 44.0 Å². The Morgan fingerprint density at radius 2 is 1.25 bits per heavy atom. The predicted octanol–water partition coefficient (Wildman–Crippen LogP) is 3.42. The number of phosphoric acid groups is 1. The van der Waals surface area contributed by atoms with Crippen LogP contribution in [0.2, 0.25) is 0 Å². The minimum Gasteiger partial charge on any atom is -0.276 e. The molecule has 0 saturated heterocycles. The van der Waals surface area contributed by atoms with E-state index < -0.39 is 33.4 Å². The summed E-state index contributed by atoms with van der Waals surface area (Å²) in [6, 6.07) is 0. The minimum absolute atomic E-state index is 2.12. The van der Waals surface area contributed by atoms with Crippen LogP contribution in [-0.2, 0) is 17.7 Å². The van der Waals surface area contributed by atoms with Crippen LogP contribution in [0.1, 0.15) is 0 Å². The summed E-state index contributed by atoms with van der Waals surface area (Å²) in [5.74, 6) is 0. The molecule has 0 aromatic carbocycles. The van der Waals surface area contributed by atoms with Crippen LogP contribution < -0.4 is 0 Å². The molecule has 0 unspecified atom stereocenters. The zero-order valence-electron chi connectivity index (χ0n) is 7.14. The van der Waals surface area contributed by atoms with Crippen molar-refractivity contribution in [3.8, 4) is 0 Å². The number of phosphoric ester groups is 1. The Balaban J connectivity index is 4.28. The van der Waals surface area contributed by atoms with E-state index in [1.165, 1.54) is 0 Å². The molecule has 0 aliphatic rings. The molecular formula is C4H4ClF6O4P. The van der Waals surface area contributed by atoms with E-state index in [9.17, 15) is 30.9 Å². The Morgan fingerprint density at radius 3 is 1.44 bits per heavy atom. The fourth-order valence-electron chi connectivity index (χ4n) is 0.382. The first-order chi connectivity index (χ1) is 6.97. The third-order valence-electron chi connectivity index (χ3n) is 0.857. The average Bonchev–Trinajstić information content (AvgIpc) is 2.09. The van der Waals surface area contributed by atoms with Crippen LogP contribution >= 0.6 is 19.7 Å². The second kappa shape index (κ2) is 5.54. The van der Waals surface area contributed by atoms with Crippen molar-refractivity contribution in [2.24, 2.45) is 0 Å². The molecule has 0 aliphatic carbocycles. The number of halogens is 7. The van der Waals surface area contributed by atoms with Crippen LogP contribution in [-0.4, -0.2) is 25.6 Å². The van der Waals surface area contributed by atoms with Gasteiger partial charge in [-0.15, -0.1) is 0 Å². The maximum absolute atomic E-state index is 11.6. The van der Waals surface area contributed by atoms with Gasteiger partial charge in [0.15, 0.2) is 13.2 Å². The van der Waals surface area contributed by atoms with E-state index in [-0.39, 0.29) is 0 Å². The summed E-state index contributed by atoms with van der Waals surface area (Å²) in [7, 11) is -5.07. The van der Waals surface area contributed by atoms with Gasteiger partial charge in [-0.3, -0.25) is 9.05 Å². The third kappa shape index (κ3) is 8.17. The molecule has 0 amide bonds. The SMILES string of the molecule is O=P(OCl)(OCC(F)(F)F)OCC(F)(F)F. The topological polar surface area (TPSA) is 44.8 Å². The van der Waals surface area contributed by atoms with E-state index in [0.29, 0.717) is 0 Å². The molecule has 0 N–H and O–H groups in total. The molecule has 0 atom stereocenters. The van der Waals surface area contributed by atoms with Gasteiger partial charge in [-0.2, -0.15) is 30.4 Å². The van der Waals surface area contributed by atoms with Crippen LogP contribution in [0.4, 0.5) is 26.3 Å². The van der Waals surface area contributed by atoms with Gasteiger partial charge in [0.25, 0.3) is 0 Å². The average molecular weight is 296 g/mol. The van der Waals surface area contributed by atoms with Crippen molar-refractivity contribution in [2.45, 2.75) is 12.4 Å². The Labute approximate surface area is 90.2 Å². The molecular weight excluding hydrogens is 292 g/mol. The maximum Gasteiger partial charge on any atom is 0.491 e. The van der Waals surface area contributed by atoms with E-state index in [1.807, 2.05) is 0 Å². The van der Waals surface area contributed by atoms with Gasteiger partial charge in [-0.05, 0) is 0 Å². The molecule has 4 nitrogen and oxygen atoms in total. The number of alkyl halides is 6. The molecule has 0 radical (unpaired) electrons. The molecule has 0 heterocycles. The van der Waals surface area contributed by atoms with Crippen molar-refractivity contribution in [1.29, 1.82) is 0 Å². The fourth-order valence-corrected chi connectivity index (χ4v) is 1.38. The summed E-state index contributed by atoms with van der Waals surface area (Å²) in [5.41, 5.74) is 0. The van der Waals surface area contributed by atoms with Gasteiger partial charge in [0.2, 0.25) is 0 Å². The highest BCUT2D eigenvalue weighted by molar-refractivity contribution is 7.49. The molecule has 0 aromatic rings. The van der Waals surface area contributed by atoms with Crippen molar-refractivity contribution in [1.82, 2.24) is 0 Å².